The Balaban J connectivity index is 2.41. The van der Waals surface area contributed by atoms with Crippen LogP contribution in [0.4, 0.5) is 5.69 Å². The second kappa shape index (κ2) is 6.84. The molecular formula is C17H17NO5S. The molecule has 0 bridgehead atoms. The molecule has 0 radical (unpaired) electrons. The minimum atomic E-state index is -3.90. The van der Waals surface area contributed by atoms with Crippen molar-refractivity contribution in [2.24, 2.45) is 0 Å². The monoisotopic (exact) mass is 347 g/mol. The SMILES string of the molecule is COC(=O)c1ccc(C)c(NS(=O)(=O)c2cccc(C(C)=O)c2)c1. The van der Waals surface area contributed by atoms with Crippen LogP contribution in [0.25, 0.3) is 0 Å². The number of sulfonamides is 1. The van der Waals surface area contributed by atoms with Gasteiger partial charge in [0.25, 0.3) is 10.0 Å². The Hall–Kier alpha value is -2.67. The fraction of sp³-hybridized carbons (Fsp3) is 0.176. The Kier molecular flexibility index (Phi) is 5.04. The first-order valence-corrected chi connectivity index (χ1v) is 8.55. The first-order valence-electron chi connectivity index (χ1n) is 7.07. The van der Waals surface area contributed by atoms with Crippen molar-refractivity contribution in [1.29, 1.82) is 0 Å². The number of carbonyl (C=O) groups excluding carboxylic acids is 2. The topological polar surface area (TPSA) is 89.5 Å². The zero-order valence-electron chi connectivity index (χ0n) is 13.5. The second-order valence-electron chi connectivity index (χ2n) is 5.21. The molecule has 7 heteroatoms. The highest BCUT2D eigenvalue weighted by molar-refractivity contribution is 7.92. The van der Waals surface area contributed by atoms with Gasteiger partial charge in [0, 0.05) is 5.56 Å². The normalized spacial score (nSPS) is 11.0. The zero-order chi connectivity index (χ0) is 17.9. The summed E-state index contributed by atoms with van der Waals surface area (Å²) >= 11 is 0. The molecule has 6 nitrogen and oxygen atoms in total. The molecule has 0 aliphatic rings. The average molecular weight is 347 g/mol. The van der Waals surface area contributed by atoms with Crippen molar-refractivity contribution in [3.63, 3.8) is 0 Å². The summed E-state index contributed by atoms with van der Waals surface area (Å²) in [5, 5.41) is 0. The van der Waals surface area contributed by atoms with Gasteiger partial charge in [-0.25, -0.2) is 13.2 Å². The van der Waals surface area contributed by atoms with E-state index in [1.165, 1.54) is 38.3 Å². The first-order chi connectivity index (χ1) is 11.2. The van der Waals surface area contributed by atoms with Crippen LogP contribution in [0.15, 0.2) is 47.4 Å². The van der Waals surface area contributed by atoms with Gasteiger partial charge in [-0.05, 0) is 43.7 Å². The van der Waals surface area contributed by atoms with Crippen LogP contribution in [-0.2, 0) is 14.8 Å². The van der Waals surface area contributed by atoms with E-state index in [1.807, 2.05) is 0 Å². The lowest BCUT2D eigenvalue weighted by Gasteiger charge is -2.12. The maximum atomic E-state index is 12.5. The van der Waals surface area contributed by atoms with Crippen LogP contribution < -0.4 is 4.72 Å². The summed E-state index contributed by atoms with van der Waals surface area (Å²) in [5.74, 6) is -0.787. The maximum Gasteiger partial charge on any atom is 0.337 e. The van der Waals surface area contributed by atoms with Gasteiger partial charge in [0.15, 0.2) is 5.78 Å². The van der Waals surface area contributed by atoms with Gasteiger partial charge in [0.1, 0.15) is 0 Å². The summed E-state index contributed by atoms with van der Waals surface area (Å²) in [6, 6.07) is 10.3. The largest absolute Gasteiger partial charge is 0.465 e. The van der Waals surface area contributed by atoms with Crippen molar-refractivity contribution >= 4 is 27.5 Å². The Morgan fingerprint density at radius 3 is 2.38 bits per heavy atom. The average Bonchev–Trinajstić information content (AvgIpc) is 2.56. The lowest BCUT2D eigenvalue weighted by Crippen LogP contribution is -2.15. The summed E-state index contributed by atoms with van der Waals surface area (Å²) < 4.78 is 32.2. The summed E-state index contributed by atoms with van der Waals surface area (Å²) in [4.78, 5) is 23.0. The molecule has 24 heavy (non-hydrogen) atoms. The number of carbonyl (C=O) groups is 2. The summed E-state index contributed by atoms with van der Waals surface area (Å²) in [5.41, 5.74) is 1.45. The summed E-state index contributed by atoms with van der Waals surface area (Å²) in [6.07, 6.45) is 0. The Labute approximate surface area is 140 Å². The fourth-order valence-electron chi connectivity index (χ4n) is 2.06. The van der Waals surface area contributed by atoms with Gasteiger partial charge >= 0.3 is 5.97 Å². The number of aryl methyl sites for hydroxylation is 1. The van der Waals surface area contributed by atoms with Gasteiger partial charge in [0.2, 0.25) is 0 Å². The standard InChI is InChI=1S/C17H17NO5S/c1-11-7-8-14(17(20)23-3)10-16(11)18-24(21,22)15-6-4-5-13(9-15)12(2)19/h4-10,18H,1-3H3. The molecule has 126 valence electrons. The molecule has 0 fully saturated rings. The Bertz CT molecular complexity index is 903. The highest BCUT2D eigenvalue weighted by Crippen LogP contribution is 2.22. The Morgan fingerprint density at radius 2 is 1.75 bits per heavy atom. The minimum Gasteiger partial charge on any atom is -0.465 e. The highest BCUT2D eigenvalue weighted by Gasteiger charge is 2.18. The van der Waals surface area contributed by atoms with Gasteiger partial charge in [-0.3, -0.25) is 9.52 Å². The van der Waals surface area contributed by atoms with Gasteiger partial charge in [-0.2, -0.15) is 0 Å². The third kappa shape index (κ3) is 3.80. The number of hydrogen-bond acceptors (Lipinski definition) is 5. The van der Waals surface area contributed by atoms with E-state index >= 15 is 0 Å². The van der Waals surface area contributed by atoms with E-state index in [4.69, 9.17) is 0 Å². The lowest BCUT2D eigenvalue weighted by atomic mass is 10.1. The number of methoxy groups -OCH3 is 1. The number of hydrogen-bond donors (Lipinski definition) is 1. The predicted molar refractivity (Wildman–Crippen MR) is 89.8 cm³/mol. The third-order valence-electron chi connectivity index (χ3n) is 3.45. The summed E-state index contributed by atoms with van der Waals surface area (Å²) in [6.45, 7) is 3.08. The van der Waals surface area contributed by atoms with Crippen LogP contribution in [0, 0.1) is 6.92 Å². The van der Waals surface area contributed by atoms with Crippen molar-refractivity contribution in [2.75, 3.05) is 11.8 Å². The van der Waals surface area contributed by atoms with E-state index in [0.29, 0.717) is 11.1 Å². The zero-order valence-corrected chi connectivity index (χ0v) is 14.3. The van der Waals surface area contributed by atoms with E-state index in [9.17, 15) is 18.0 Å². The number of rotatable bonds is 5. The molecule has 2 aromatic carbocycles. The van der Waals surface area contributed by atoms with E-state index in [0.717, 1.165) is 0 Å². The van der Waals surface area contributed by atoms with E-state index in [-0.39, 0.29) is 21.9 Å². The Morgan fingerprint density at radius 1 is 1.04 bits per heavy atom. The van der Waals surface area contributed by atoms with Crippen molar-refractivity contribution in [3.8, 4) is 0 Å². The molecule has 0 saturated carbocycles. The van der Waals surface area contributed by atoms with Crippen LogP contribution >= 0.6 is 0 Å². The molecular weight excluding hydrogens is 330 g/mol. The van der Waals surface area contributed by atoms with Crippen LogP contribution in [0.1, 0.15) is 33.2 Å². The molecule has 0 aliphatic heterocycles. The number of anilines is 1. The molecule has 2 rings (SSSR count). The molecule has 1 N–H and O–H groups in total. The van der Waals surface area contributed by atoms with E-state index in [2.05, 4.69) is 9.46 Å². The molecule has 0 spiro atoms. The smallest absolute Gasteiger partial charge is 0.337 e. The predicted octanol–water partition coefficient (Wildman–Crippen LogP) is 2.79. The highest BCUT2D eigenvalue weighted by atomic mass is 32.2. The third-order valence-corrected chi connectivity index (χ3v) is 4.82. The number of ketones is 1. The quantitative estimate of drug-likeness (QED) is 0.663. The number of esters is 1. The van der Waals surface area contributed by atoms with Crippen molar-refractivity contribution in [2.45, 2.75) is 18.7 Å². The molecule has 0 aromatic heterocycles. The van der Waals surface area contributed by atoms with Crippen LogP contribution in [-0.4, -0.2) is 27.3 Å². The fourth-order valence-corrected chi connectivity index (χ4v) is 3.23. The number of benzene rings is 2. The minimum absolute atomic E-state index is 0.0296. The molecule has 0 unspecified atom stereocenters. The lowest BCUT2D eigenvalue weighted by molar-refractivity contribution is 0.0600. The first kappa shape index (κ1) is 17.7. The molecule has 0 atom stereocenters. The van der Waals surface area contributed by atoms with Crippen molar-refractivity contribution < 1.29 is 22.7 Å². The van der Waals surface area contributed by atoms with Gasteiger partial charge in [-0.15, -0.1) is 0 Å². The number of ether oxygens (including phenoxy) is 1. The molecule has 0 heterocycles. The van der Waals surface area contributed by atoms with Crippen LogP contribution in [0.2, 0.25) is 0 Å². The molecule has 0 amide bonds. The molecule has 2 aromatic rings. The van der Waals surface area contributed by atoms with Crippen LogP contribution in [0.5, 0.6) is 0 Å². The van der Waals surface area contributed by atoms with Crippen molar-refractivity contribution in [1.82, 2.24) is 0 Å². The van der Waals surface area contributed by atoms with Gasteiger partial charge < -0.3 is 4.74 Å². The van der Waals surface area contributed by atoms with Gasteiger partial charge in [-0.1, -0.05) is 18.2 Å². The number of nitrogens with one attached hydrogen (secondary N) is 1. The van der Waals surface area contributed by atoms with Crippen molar-refractivity contribution in [3.05, 3.63) is 59.2 Å². The molecule has 0 saturated heterocycles. The summed E-state index contributed by atoms with van der Waals surface area (Å²) in [7, 11) is -2.65. The number of Topliss-reactive ketones (excluding diaryl/α,β-unsaturated/α-hetero) is 1. The molecule has 0 aliphatic carbocycles. The van der Waals surface area contributed by atoms with E-state index < -0.39 is 16.0 Å². The maximum absolute atomic E-state index is 12.5. The van der Waals surface area contributed by atoms with Crippen LogP contribution in [0.3, 0.4) is 0 Å². The van der Waals surface area contributed by atoms with Gasteiger partial charge in [0.05, 0.1) is 23.3 Å². The second-order valence-corrected chi connectivity index (χ2v) is 6.89. The van der Waals surface area contributed by atoms with E-state index in [1.54, 1.807) is 25.1 Å².